The Labute approximate surface area is 210 Å². The van der Waals surface area contributed by atoms with Gasteiger partial charge in [0.15, 0.2) is 0 Å². The molecule has 0 unspecified atom stereocenters. The van der Waals surface area contributed by atoms with Crippen LogP contribution in [0.1, 0.15) is 55.6 Å². The number of rotatable bonds is 10. The lowest BCUT2D eigenvalue weighted by Gasteiger charge is -2.37. The standard InChI is InChI=1S/C27H32N2O5S/c30-24(29-27(16-25(31)32)12-6-1-7-13-27)18-35-15-14-28-26(33)34-17-23-21-10-4-2-8-19(21)20-9-3-5-11-22(20)23/h2-5,8-11,23H,1,6-7,12-18H2,(H,28,33)(H,29,30)(H,31,32). The maximum absolute atomic E-state index is 12.4. The predicted molar refractivity (Wildman–Crippen MR) is 137 cm³/mol. The molecule has 186 valence electrons. The van der Waals surface area contributed by atoms with Crippen molar-refractivity contribution in [2.24, 2.45) is 0 Å². The third-order valence-corrected chi connectivity index (χ3v) is 7.76. The monoisotopic (exact) mass is 496 g/mol. The van der Waals surface area contributed by atoms with Crippen molar-refractivity contribution in [2.45, 2.75) is 50.0 Å². The second-order valence-corrected chi connectivity index (χ2v) is 10.4. The number of thioether (sulfide) groups is 1. The van der Waals surface area contributed by atoms with Gasteiger partial charge in [0.2, 0.25) is 5.91 Å². The predicted octanol–water partition coefficient (Wildman–Crippen LogP) is 4.55. The van der Waals surface area contributed by atoms with E-state index in [4.69, 9.17) is 4.74 Å². The van der Waals surface area contributed by atoms with Gasteiger partial charge in [-0.1, -0.05) is 67.8 Å². The molecule has 0 atom stereocenters. The van der Waals surface area contributed by atoms with Crippen LogP contribution in [0.3, 0.4) is 0 Å². The molecule has 2 aliphatic carbocycles. The third-order valence-electron chi connectivity index (χ3n) is 6.80. The number of carboxylic acids is 1. The summed E-state index contributed by atoms with van der Waals surface area (Å²) in [5, 5.41) is 15.0. The Balaban J connectivity index is 1.17. The first-order valence-corrected chi connectivity index (χ1v) is 13.3. The maximum atomic E-state index is 12.4. The number of amides is 2. The number of hydrogen-bond acceptors (Lipinski definition) is 5. The molecule has 0 bridgehead atoms. The number of benzene rings is 2. The van der Waals surface area contributed by atoms with E-state index in [2.05, 4.69) is 34.9 Å². The van der Waals surface area contributed by atoms with Crippen LogP contribution < -0.4 is 10.6 Å². The normalized spacial score (nSPS) is 16.1. The fourth-order valence-corrected chi connectivity index (χ4v) is 5.88. The van der Waals surface area contributed by atoms with Crippen LogP contribution in [-0.2, 0) is 14.3 Å². The lowest BCUT2D eigenvalue weighted by molar-refractivity contribution is -0.139. The van der Waals surface area contributed by atoms with Crippen LogP contribution in [0, 0.1) is 0 Å². The van der Waals surface area contributed by atoms with Crippen LogP contribution in [0.15, 0.2) is 48.5 Å². The molecule has 2 aromatic rings. The molecule has 2 amide bonds. The number of nitrogens with one attached hydrogen (secondary N) is 2. The minimum atomic E-state index is -0.882. The van der Waals surface area contributed by atoms with Crippen LogP contribution in [0.2, 0.25) is 0 Å². The maximum Gasteiger partial charge on any atom is 0.407 e. The van der Waals surface area contributed by atoms with E-state index in [1.165, 1.54) is 34.0 Å². The highest BCUT2D eigenvalue weighted by Crippen LogP contribution is 2.44. The lowest BCUT2D eigenvalue weighted by Crippen LogP contribution is -2.51. The van der Waals surface area contributed by atoms with Crippen molar-refractivity contribution in [3.05, 3.63) is 59.7 Å². The van der Waals surface area contributed by atoms with Crippen LogP contribution >= 0.6 is 11.8 Å². The smallest absolute Gasteiger partial charge is 0.407 e. The summed E-state index contributed by atoms with van der Waals surface area (Å²) >= 11 is 1.40. The number of fused-ring (bicyclic) bond motifs is 3. The van der Waals surface area contributed by atoms with Crippen molar-refractivity contribution in [1.29, 1.82) is 0 Å². The van der Waals surface area contributed by atoms with E-state index in [-0.39, 0.29) is 30.6 Å². The van der Waals surface area contributed by atoms with E-state index in [1.807, 2.05) is 24.3 Å². The first kappa shape index (κ1) is 25.1. The zero-order valence-electron chi connectivity index (χ0n) is 19.8. The van der Waals surface area contributed by atoms with Crippen molar-refractivity contribution in [1.82, 2.24) is 10.6 Å². The zero-order valence-corrected chi connectivity index (χ0v) is 20.6. The molecular weight excluding hydrogens is 464 g/mol. The minimum Gasteiger partial charge on any atom is -0.481 e. The number of carbonyl (C=O) groups is 3. The molecule has 1 fully saturated rings. The molecule has 35 heavy (non-hydrogen) atoms. The highest BCUT2D eigenvalue weighted by molar-refractivity contribution is 7.99. The van der Waals surface area contributed by atoms with Crippen molar-refractivity contribution in [2.75, 3.05) is 24.7 Å². The molecule has 0 spiro atoms. The van der Waals surface area contributed by atoms with Gasteiger partial charge in [0, 0.05) is 18.2 Å². The number of aliphatic carboxylic acids is 1. The molecule has 0 heterocycles. The van der Waals surface area contributed by atoms with Gasteiger partial charge in [-0.15, -0.1) is 0 Å². The van der Waals surface area contributed by atoms with Gasteiger partial charge >= 0.3 is 12.1 Å². The van der Waals surface area contributed by atoms with Crippen molar-refractivity contribution in [3.8, 4) is 11.1 Å². The summed E-state index contributed by atoms with van der Waals surface area (Å²) in [5.74, 6) is -0.229. The summed E-state index contributed by atoms with van der Waals surface area (Å²) in [4.78, 5) is 35.9. The Morgan fingerprint density at radius 3 is 2.23 bits per heavy atom. The number of alkyl carbamates (subject to hydrolysis) is 1. The Bertz CT molecular complexity index is 1020. The van der Waals surface area contributed by atoms with Gasteiger partial charge in [-0.3, -0.25) is 9.59 Å². The summed E-state index contributed by atoms with van der Waals surface area (Å²) in [6, 6.07) is 16.4. The van der Waals surface area contributed by atoms with E-state index in [0.717, 1.165) is 19.3 Å². The van der Waals surface area contributed by atoms with Crippen LogP contribution in [0.25, 0.3) is 11.1 Å². The largest absolute Gasteiger partial charge is 0.481 e. The van der Waals surface area contributed by atoms with E-state index < -0.39 is 17.6 Å². The fraction of sp³-hybridized carbons (Fsp3) is 0.444. The van der Waals surface area contributed by atoms with Crippen LogP contribution in [-0.4, -0.2) is 53.3 Å². The van der Waals surface area contributed by atoms with Gasteiger partial charge in [0.05, 0.1) is 17.7 Å². The SMILES string of the molecule is O=C(O)CC1(NC(=O)CSCCNC(=O)OCC2c3ccccc3-c3ccccc32)CCCCC1. The quantitative estimate of drug-likeness (QED) is 0.417. The Hall–Kier alpha value is -3.00. The third kappa shape index (κ3) is 6.36. The van der Waals surface area contributed by atoms with Crippen molar-refractivity contribution in [3.63, 3.8) is 0 Å². The van der Waals surface area contributed by atoms with E-state index in [0.29, 0.717) is 25.1 Å². The summed E-state index contributed by atoms with van der Waals surface area (Å²) in [6.07, 6.45) is 3.85. The minimum absolute atomic E-state index is 0.0177. The molecule has 8 heteroatoms. The summed E-state index contributed by atoms with van der Waals surface area (Å²) in [5.41, 5.74) is 4.08. The molecule has 1 saturated carbocycles. The number of hydrogen-bond donors (Lipinski definition) is 3. The van der Waals surface area contributed by atoms with Crippen molar-refractivity contribution < 1.29 is 24.2 Å². The summed E-state index contributed by atoms with van der Waals surface area (Å²) in [6.45, 7) is 0.649. The highest BCUT2D eigenvalue weighted by atomic mass is 32.2. The van der Waals surface area contributed by atoms with Gasteiger partial charge in [-0.05, 0) is 35.1 Å². The van der Waals surface area contributed by atoms with Gasteiger partial charge in [-0.25, -0.2) is 4.79 Å². The van der Waals surface area contributed by atoms with E-state index in [9.17, 15) is 19.5 Å². The molecule has 7 nitrogen and oxygen atoms in total. The molecule has 0 saturated heterocycles. The molecule has 3 N–H and O–H groups in total. The Morgan fingerprint density at radius 1 is 0.971 bits per heavy atom. The molecule has 0 aliphatic heterocycles. The Kier molecular flexibility index (Phi) is 8.33. The van der Waals surface area contributed by atoms with E-state index >= 15 is 0 Å². The molecule has 0 radical (unpaired) electrons. The van der Waals surface area contributed by atoms with Crippen LogP contribution in [0.5, 0.6) is 0 Å². The lowest BCUT2D eigenvalue weighted by atomic mass is 9.79. The Morgan fingerprint density at radius 2 is 1.60 bits per heavy atom. The molecule has 2 aromatic carbocycles. The summed E-state index contributed by atoms with van der Waals surface area (Å²) in [7, 11) is 0. The number of carbonyl (C=O) groups excluding carboxylic acids is 2. The van der Waals surface area contributed by atoms with Gasteiger partial charge in [0.25, 0.3) is 0 Å². The second kappa shape index (κ2) is 11.6. The topological polar surface area (TPSA) is 105 Å². The fourth-order valence-electron chi connectivity index (χ4n) is 5.24. The first-order valence-electron chi connectivity index (χ1n) is 12.2. The molecular formula is C27H32N2O5S. The number of ether oxygens (including phenoxy) is 1. The van der Waals surface area contributed by atoms with E-state index in [1.54, 1.807) is 0 Å². The van der Waals surface area contributed by atoms with Crippen molar-refractivity contribution >= 4 is 29.7 Å². The van der Waals surface area contributed by atoms with Gasteiger partial charge in [0.1, 0.15) is 6.61 Å². The van der Waals surface area contributed by atoms with Gasteiger partial charge in [-0.2, -0.15) is 11.8 Å². The molecule has 2 aliphatic rings. The second-order valence-electron chi connectivity index (χ2n) is 9.26. The highest BCUT2D eigenvalue weighted by Gasteiger charge is 2.35. The molecule has 4 rings (SSSR count). The summed E-state index contributed by atoms with van der Waals surface area (Å²) < 4.78 is 5.52. The average Bonchev–Trinajstić information content (AvgIpc) is 3.16. The first-order chi connectivity index (χ1) is 17.0. The van der Waals surface area contributed by atoms with Gasteiger partial charge < -0.3 is 20.5 Å². The average molecular weight is 497 g/mol. The number of carboxylic acid groups (broad SMARTS) is 1. The molecule has 0 aromatic heterocycles. The van der Waals surface area contributed by atoms with Crippen LogP contribution in [0.4, 0.5) is 4.79 Å². The zero-order chi connectivity index (χ0) is 24.7.